The lowest BCUT2D eigenvalue weighted by Crippen LogP contribution is -2.30. The Kier molecular flexibility index (Phi) is 7.19. The second kappa shape index (κ2) is 9.15. The SMILES string of the molecule is C1CCCCC1.CCN(CC)S(=O)(=O)c1ccc2nnc(NC)n2c1. The minimum absolute atomic E-state index is 0.236. The Morgan fingerprint density at radius 1 is 1.04 bits per heavy atom. The third-order valence-electron chi connectivity index (χ3n) is 4.44. The lowest BCUT2D eigenvalue weighted by Gasteiger charge is -2.18. The highest BCUT2D eigenvalue weighted by Crippen LogP contribution is 2.18. The van der Waals surface area contributed by atoms with Crippen LogP contribution < -0.4 is 5.32 Å². The minimum Gasteiger partial charge on any atom is -0.357 e. The van der Waals surface area contributed by atoms with Crippen LogP contribution in [0.15, 0.2) is 23.2 Å². The number of hydrogen-bond acceptors (Lipinski definition) is 5. The van der Waals surface area contributed by atoms with E-state index in [9.17, 15) is 8.42 Å². The Morgan fingerprint density at radius 3 is 2.08 bits per heavy atom. The largest absolute Gasteiger partial charge is 0.357 e. The molecule has 1 N–H and O–H groups in total. The van der Waals surface area contributed by atoms with Gasteiger partial charge >= 0.3 is 0 Å². The molecule has 3 rings (SSSR count). The summed E-state index contributed by atoms with van der Waals surface area (Å²) in [5.41, 5.74) is 0.600. The van der Waals surface area contributed by atoms with Gasteiger partial charge in [-0.15, -0.1) is 10.2 Å². The van der Waals surface area contributed by atoms with E-state index in [2.05, 4.69) is 15.5 Å². The van der Waals surface area contributed by atoms with Crippen LogP contribution in [0.2, 0.25) is 0 Å². The van der Waals surface area contributed by atoms with Gasteiger partial charge in [0.15, 0.2) is 5.65 Å². The van der Waals surface area contributed by atoms with Gasteiger partial charge in [0, 0.05) is 26.3 Å². The van der Waals surface area contributed by atoms with Gasteiger partial charge in [-0.2, -0.15) is 4.31 Å². The summed E-state index contributed by atoms with van der Waals surface area (Å²) in [6.45, 7) is 4.52. The monoisotopic (exact) mass is 367 g/mol. The van der Waals surface area contributed by atoms with Crippen molar-refractivity contribution in [3.63, 3.8) is 0 Å². The zero-order valence-corrected chi connectivity index (χ0v) is 16.2. The van der Waals surface area contributed by atoms with E-state index in [-0.39, 0.29) is 4.90 Å². The van der Waals surface area contributed by atoms with Crippen LogP contribution in [0.25, 0.3) is 5.65 Å². The molecular formula is C17H29N5O2S. The summed E-state index contributed by atoms with van der Waals surface area (Å²) < 4.78 is 27.9. The van der Waals surface area contributed by atoms with Gasteiger partial charge in [0.1, 0.15) is 0 Å². The summed E-state index contributed by atoms with van der Waals surface area (Å²) in [7, 11) is -1.76. The first-order valence-electron chi connectivity index (χ1n) is 9.07. The Morgan fingerprint density at radius 2 is 1.60 bits per heavy atom. The van der Waals surface area contributed by atoms with E-state index >= 15 is 0 Å². The molecule has 7 nitrogen and oxygen atoms in total. The number of nitrogens with one attached hydrogen (secondary N) is 1. The van der Waals surface area contributed by atoms with Crippen LogP contribution in [0.1, 0.15) is 52.4 Å². The number of nitrogens with zero attached hydrogens (tertiary/aromatic N) is 4. The number of rotatable bonds is 5. The van der Waals surface area contributed by atoms with Crippen molar-refractivity contribution >= 4 is 21.6 Å². The first kappa shape index (κ1) is 19.7. The van der Waals surface area contributed by atoms with Crippen molar-refractivity contribution in [2.75, 3.05) is 25.5 Å². The molecule has 1 saturated carbocycles. The molecule has 2 aromatic rings. The molecule has 0 saturated heterocycles. The maximum absolute atomic E-state index is 12.4. The number of pyridine rings is 1. The van der Waals surface area contributed by atoms with Crippen LogP contribution in [0, 0.1) is 0 Å². The standard InChI is InChI=1S/C11H17N5O2S.C6H12/c1-4-15(5-2)19(17,18)9-6-7-10-13-14-11(12-3)16(10)8-9;1-2-4-6-5-3-1/h6-8H,4-5H2,1-3H3,(H,12,14);1-6H2. The molecule has 2 heterocycles. The van der Waals surface area contributed by atoms with Crippen LogP contribution in [-0.2, 0) is 10.0 Å². The Labute approximate surface area is 150 Å². The molecule has 0 aromatic carbocycles. The molecule has 25 heavy (non-hydrogen) atoms. The molecule has 1 aliphatic rings. The number of fused-ring (bicyclic) bond motifs is 1. The number of hydrogen-bond donors (Lipinski definition) is 1. The minimum atomic E-state index is -3.47. The van der Waals surface area contributed by atoms with Crippen molar-refractivity contribution in [1.82, 2.24) is 18.9 Å². The van der Waals surface area contributed by atoms with Gasteiger partial charge in [0.2, 0.25) is 16.0 Å². The normalized spacial score (nSPS) is 15.0. The average molecular weight is 368 g/mol. The highest BCUT2D eigenvalue weighted by molar-refractivity contribution is 7.89. The maximum Gasteiger partial charge on any atom is 0.244 e. The topological polar surface area (TPSA) is 79.6 Å². The van der Waals surface area contributed by atoms with Crippen molar-refractivity contribution in [3.05, 3.63) is 18.3 Å². The summed E-state index contributed by atoms with van der Waals surface area (Å²) in [4.78, 5) is 0.236. The highest BCUT2D eigenvalue weighted by Gasteiger charge is 2.22. The van der Waals surface area contributed by atoms with Crippen LogP contribution in [0.3, 0.4) is 0 Å². The van der Waals surface area contributed by atoms with Gasteiger partial charge in [0.25, 0.3) is 0 Å². The van der Waals surface area contributed by atoms with Crippen molar-refractivity contribution < 1.29 is 8.42 Å². The Balaban J connectivity index is 0.000000316. The number of sulfonamides is 1. The fourth-order valence-corrected chi connectivity index (χ4v) is 4.42. The van der Waals surface area contributed by atoms with E-state index in [4.69, 9.17) is 0 Å². The zero-order valence-electron chi connectivity index (χ0n) is 15.4. The van der Waals surface area contributed by atoms with E-state index in [0.717, 1.165) is 0 Å². The molecule has 0 bridgehead atoms. The molecule has 0 atom stereocenters. The van der Waals surface area contributed by atoms with Gasteiger partial charge in [0.05, 0.1) is 4.90 Å². The van der Waals surface area contributed by atoms with E-state index in [1.807, 2.05) is 13.8 Å². The van der Waals surface area contributed by atoms with E-state index in [1.165, 1.54) is 49.0 Å². The smallest absolute Gasteiger partial charge is 0.244 e. The molecule has 8 heteroatoms. The predicted octanol–water partition coefficient (Wildman–Crippen LogP) is 3.14. The average Bonchev–Trinajstić information content (AvgIpc) is 3.07. The second-order valence-corrected chi connectivity index (χ2v) is 8.02. The maximum atomic E-state index is 12.4. The molecule has 0 unspecified atom stereocenters. The number of aromatic nitrogens is 3. The Hall–Kier alpha value is -1.67. The van der Waals surface area contributed by atoms with Crippen molar-refractivity contribution in [3.8, 4) is 0 Å². The first-order valence-corrected chi connectivity index (χ1v) is 10.5. The molecule has 0 aliphatic heterocycles. The number of anilines is 1. The molecule has 1 fully saturated rings. The van der Waals surface area contributed by atoms with Crippen molar-refractivity contribution in [2.24, 2.45) is 0 Å². The van der Waals surface area contributed by atoms with Crippen LogP contribution in [-0.4, -0.2) is 47.5 Å². The summed E-state index contributed by atoms with van der Waals surface area (Å²) in [5.74, 6) is 0.506. The van der Waals surface area contributed by atoms with Gasteiger partial charge in [-0.25, -0.2) is 8.42 Å². The fourth-order valence-electron chi connectivity index (χ4n) is 2.97. The van der Waals surface area contributed by atoms with Crippen molar-refractivity contribution in [1.29, 1.82) is 0 Å². The first-order chi connectivity index (χ1) is 12.0. The molecule has 1 aliphatic carbocycles. The summed E-state index contributed by atoms with van der Waals surface area (Å²) >= 11 is 0. The molecule has 0 spiro atoms. The van der Waals surface area contributed by atoms with Gasteiger partial charge in [-0.05, 0) is 12.1 Å². The zero-order chi connectivity index (χ0) is 18.3. The molecule has 0 amide bonds. The van der Waals surface area contributed by atoms with Crippen LogP contribution >= 0.6 is 0 Å². The van der Waals surface area contributed by atoms with E-state index < -0.39 is 10.0 Å². The Bertz CT molecular complexity index is 753. The van der Waals surface area contributed by atoms with Gasteiger partial charge in [-0.3, -0.25) is 4.40 Å². The lowest BCUT2D eigenvalue weighted by atomic mass is 10.0. The summed E-state index contributed by atoms with van der Waals surface area (Å²) in [5, 5.41) is 10.7. The third kappa shape index (κ3) is 4.70. The van der Waals surface area contributed by atoms with E-state index in [1.54, 1.807) is 23.6 Å². The predicted molar refractivity (Wildman–Crippen MR) is 100 cm³/mol. The van der Waals surface area contributed by atoms with Crippen LogP contribution in [0.4, 0.5) is 5.95 Å². The summed E-state index contributed by atoms with van der Waals surface area (Å²) in [6.07, 6.45) is 10.5. The second-order valence-electron chi connectivity index (χ2n) is 6.08. The van der Waals surface area contributed by atoms with Gasteiger partial charge in [-0.1, -0.05) is 52.4 Å². The van der Waals surface area contributed by atoms with Gasteiger partial charge < -0.3 is 5.32 Å². The van der Waals surface area contributed by atoms with E-state index in [0.29, 0.717) is 24.7 Å². The summed E-state index contributed by atoms with van der Waals surface area (Å²) in [6, 6.07) is 3.20. The van der Waals surface area contributed by atoms with Crippen LogP contribution in [0.5, 0.6) is 0 Å². The van der Waals surface area contributed by atoms with Crippen molar-refractivity contribution in [2.45, 2.75) is 57.3 Å². The fraction of sp³-hybridized carbons (Fsp3) is 0.647. The molecule has 2 aromatic heterocycles. The third-order valence-corrected chi connectivity index (χ3v) is 6.48. The molecular weight excluding hydrogens is 338 g/mol. The lowest BCUT2D eigenvalue weighted by molar-refractivity contribution is 0.445. The quantitative estimate of drug-likeness (QED) is 0.878. The highest BCUT2D eigenvalue weighted by atomic mass is 32.2. The molecule has 140 valence electrons. The molecule has 0 radical (unpaired) electrons.